The van der Waals surface area contributed by atoms with Crippen LogP contribution < -0.4 is 4.74 Å². The van der Waals surface area contributed by atoms with Crippen LogP contribution in [0.4, 0.5) is 0 Å². The molecule has 0 aromatic carbocycles. The van der Waals surface area contributed by atoms with Crippen molar-refractivity contribution in [2.45, 2.75) is 38.0 Å². The summed E-state index contributed by atoms with van der Waals surface area (Å²) < 4.78 is 5.74. The predicted molar refractivity (Wildman–Crippen MR) is 65.9 cm³/mol. The smallest absolute Gasteiger partial charge is 0.137 e. The number of rotatable bonds is 4. The molecule has 0 aliphatic heterocycles. The lowest BCUT2D eigenvalue weighted by molar-refractivity contribution is 0.208. The normalized spacial score (nSPS) is 17.3. The van der Waals surface area contributed by atoms with Gasteiger partial charge in [0.05, 0.1) is 24.4 Å². The highest BCUT2D eigenvalue weighted by Gasteiger charge is 2.13. The molecule has 1 aromatic heterocycles. The second kappa shape index (κ2) is 6.09. The van der Waals surface area contributed by atoms with E-state index in [-0.39, 0.29) is 0 Å². The Labute approximate surface area is 102 Å². The van der Waals surface area contributed by atoms with Crippen LogP contribution >= 0.6 is 11.6 Å². The molecular formula is C13H18ClNO. The topological polar surface area (TPSA) is 22.1 Å². The van der Waals surface area contributed by atoms with Crippen molar-refractivity contribution in [3.05, 3.63) is 24.0 Å². The third kappa shape index (κ3) is 3.38. The Bertz CT molecular complexity index is 306. The van der Waals surface area contributed by atoms with E-state index in [9.17, 15) is 0 Å². The predicted octanol–water partition coefficient (Wildman–Crippen LogP) is 3.78. The van der Waals surface area contributed by atoms with E-state index < -0.39 is 0 Å². The summed E-state index contributed by atoms with van der Waals surface area (Å²) in [4.78, 5) is 4.20. The van der Waals surface area contributed by atoms with Gasteiger partial charge in [0, 0.05) is 0 Å². The van der Waals surface area contributed by atoms with Crippen molar-refractivity contribution >= 4 is 11.6 Å². The van der Waals surface area contributed by atoms with Gasteiger partial charge < -0.3 is 4.74 Å². The zero-order valence-corrected chi connectivity index (χ0v) is 10.2. The van der Waals surface area contributed by atoms with Gasteiger partial charge in [0.1, 0.15) is 5.75 Å². The fraction of sp³-hybridized carbons (Fsp3) is 0.615. The maximum atomic E-state index is 5.74. The molecule has 0 saturated heterocycles. The first-order valence-electron chi connectivity index (χ1n) is 6.02. The average Bonchev–Trinajstić information content (AvgIpc) is 2.38. The van der Waals surface area contributed by atoms with Gasteiger partial charge in [-0.25, -0.2) is 0 Å². The van der Waals surface area contributed by atoms with Gasteiger partial charge in [-0.1, -0.05) is 19.3 Å². The van der Waals surface area contributed by atoms with E-state index in [2.05, 4.69) is 4.98 Å². The fourth-order valence-electron chi connectivity index (χ4n) is 2.14. The van der Waals surface area contributed by atoms with Crippen molar-refractivity contribution in [3.8, 4) is 5.75 Å². The molecule has 88 valence electrons. The van der Waals surface area contributed by atoms with Gasteiger partial charge in [0.2, 0.25) is 0 Å². The summed E-state index contributed by atoms with van der Waals surface area (Å²) in [5.74, 6) is 2.06. The third-order valence-electron chi connectivity index (χ3n) is 3.14. The first-order chi connectivity index (χ1) is 7.88. The zero-order valence-electron chi connectivity index (χ0n) is 9.49. The van der Waals surface area contributed by atoms with E-state index in [1.54, 1.807) is 6.20 Å². The lowest BCUT2D eigenvalue weighted by atomic mass is 9.90. The molecule has 0 bridgehead atoms. The van der Waals surface area contributed by atoms with E-state index in [0.29, 0.717) is 5.88 Å². The summed E-state index contributed by atoms with van der Waals surface area (Å²) in [5, 5.41) is 0. The second-order valence-corrected chi connectivity index (χ2v) is 4.70. The van der Waals surface area contributed by atoms with Crippen LogP contribution in [0.1, 0.15) is 37.8 Å². The van der Waals surface area contributed by atoms with Crippen molar-refractivity contribution in [1.82, 2.24) is 4.98 Å². The van der Waals surface area contributed by atoms with Crippen LogP contribution in [0.3, 0.4) is 0 Å². The van der Waals surface area contributed by atoms with Gasteiger partial charge in [-0.3, -0.25) is 4.98 Å². The molecule has 0 N–H and O–H groups in total. The van der Waals surface area contributed by atoms with Crippen LogP contribution in [0.25, 0.3) is 0 Å². The van der Waals surface area contributed by atoms with Crippen molar-refractivity contribution in [2.75, 3.05) is 6.61 Å². The summed E-state index contributed by atoms with van der Waals surface area (Å²) >= 11 is 5.67. The van der Waals surface area contributed by atoms with Crippen molar-refractivity contribution in [3.63, 3.8) is 0 Å². The molecule has 1 saturated carbocycles. The largest absolute Gasteiger partial charge is 0.492 e. The highest BCUT2D eigenvalue weighted by Crippen LogP contribution is 2.24. The minimum Gasteiger partial charge on any atom is -0.492 e. The molecule has 1 aliphatic rings. The minimum atomic E-state index is 0.461. The van der Waals surface area contributed by atoms with Crippen molar-refractivity contribution < 1.29 is 4.74 Å². The first kappa shape index (κ1) is 11.7. The van der Waals surface area contributed by atoms with E-state index in [1.807, 2.05) is 12.1 Å². The van der Waals surface area contributed by atoms with E-state index in [0.717, 1.165) is 24.0 Å². The Hall–Kier alpha value is -0.760. The average molecular weight is 240 g/mol. The first-order valence-corrected chi connectivity index (χ1v) is 6.55. The lowest BCUT2D eigenvalue weighted by Crippen LogP contribution is -2.15. The number of pyridine rings is 1. The molecule has 0 unspecified atom stereocenters. The van der Waals surface area contributed by atoms with Crippen molar-refractivity contribution in [2.24, 2.45) is 5.92 Å². The zero-order chi connectivity index (χ0) is 11.2. The molecule has 0 atom stereocenters. The van der Waals surface area contributed by atoms with Gasteiger partial charge in [0.15, 0.2) is 0 Å². The molecule has 0 radical (unpaired) electrons. The van der Waals surface area contributed by atoms with Gasteiger partial charge in [-0.15, -0.1) is 11.6 Å². The molecule has 1 fully saturated rings. The lowest BCUT2D eigenvalue weighted by Gasteiger charge is -2.21. The molecule has 16 heavy (non-hydrogen) atoms. The van der Waals surface area contributed by atoms with Gasteiger partial charge in [0.25, 0.3) is 0 Å². The molecule has 1 aromatic rings. The molecule has 1 aliphatic carbocycles. The maximum absolute atomic E-state index is 5.74. The van der Waals surface area contributed by atoms with Gasteiger partial charge in [-0.2, -0.15) is 0 Å². The Morgan fingerprint density at radius 2 is 2.06 bits per heavy atom. The Morgan fingerprint density at radius 3 is 2.69 bits per heavy atom. The minimum absolute atomic E-state index is 0.461. The fourth-order valence-corrected chi connectivity index (χ4v) is 2.30. The summed E-state index contributed by atoms with van der Waals surface area (Å²) in [7, 11) is 0. The van der Waals surface area contributed by atoms with Crippen LogP contribution in [0.5, 0.6) is 5.75 Å². The Kier molecular flexibility index (Phi) is 4.46. The number of hydrogen-bond acceptors (Lipinski definition) is 2. The number of nitrogens with zero attached hydrogens (tertiary/aromatic N) is 1. The summed E-state index contributed by atoms with van der Waals surface area (Å²) in [6.45, 7) is 0.835. The number of ether oxygens (including phenoxy) is 1. The Morgan fingerprint density at radius 1 is 1.25 bits per heavy atom. The maximum Gasteiger partial charge on any atom is 0.137 e. The van der Waals surface area contributed by atoms with Crippen LogP contribution in [0.15, 0.2) is 18.3 Å². The van der Waals surface area contributed by atoms with Crippen LogP contribution in [-0.4, -0.2) is 11.6 Å². The molecule has 2 nitrogen and oxygen atoms in total. The van der Waals surface area contributed by atoms with Crippen molar-refractivity contribution in [1.29, 1.82) is 0 Å². The molecule has 0 amide bonds. The number of hydrogen-bond donors (Lipinski definition) is 0. The number of aromatic nitrogens is 1. The van der Waals surface area contributed by atoms with Gasteiger partial charge in [-0.05, 0) is 30.9 Å². The SMILES string of the molecule is ClCc1ccc(OCC2CCCCC2)cn1. The summed E-state index contributed by atoms with van der Waals surface area (Å²) in [5.41, 5.74) is 0.895. The highest BCUT2D eigenvalue weighted by atomic mass is 35.5. The molecule has 3 heteroatoms. The monoisotopic (exact) mass is 239 g/mol. The Balaban J connectivity index is 1.79. The number of halogens is 1. The third-order valence-corrected chi connectivity index (χ3v) is 3.42. The van der Waals surface area contributed by atoms with E-state index in [1.165, 1.54) is 32.1 Å². The summed E-state index contributed by atoms with van der Waals surface area (Å²) in [6, 6.07) is 3.87. The second-order valence-electron chi connectivity index (χ2n) is 4.43. The molecule has 2 rings (SSSR count). The highest BCUT2D eigenvalue weighted by molar-refractivity contribution is 6.16. The molecule has 0 spiro atoms. The summed E-state index contributed by atoms with van der Waals surface area (Å²) in [6.07, 6.45) is 8.50. The van der Waals surface area contributed by atoms with Crippen LogP contribution in [0.2, 0.25) is 0 Å². The van der Waals surface area contributed by atoms with Gasteiger partial charge >= 0.3 is 0 Å². The number of alkyl halides is 1. The quantitative estimate of drug-likeness (QED) is 0.746. The van der Waals surface area contributed by atoms with Crippen LogP contribution in [-0.2, 0) is 5.88 Å². The standard InChI is InChI=1S/C13H18ClNO/c14-8-12-6-7-13(9-15-12)16-10-11-4-2-1-3-5-11/h6-7,9,11H,1-5,8,10H2. The van der Waals surface area contributed by atoms with E-state index in [4.69, 9.17) is 16.3 Å². The molecular weight excluding hydrogens is 222 g/mol. The molecule has 1 heterocycles. The van der Waals surface area contributed by atoms with E-state index >= 15 is 0 Å². The van der Waals surface area contributed by atoms with Crippen LogP contribution in [0, 0.1) is 5.92 Å².